The molecule has 0 radical (unpaired) electrons. The Morgan fingerprint density at radius 2 is 1.92 bits per heavy atom. The third-order valence-corrected chi connectivity index (χ3v) is 3.99. The molecule has 0 aliphatic carbocycles. The van der Waals surface area contributed by atoms with Crippen LogP contribution in [-0.2, 0) is 13.1 Å². The number of nitrogens with zero attached hydrogens (tertiary/aromatic N) is 3. The number of benzene rings is 2. The number of non-ortho nitro benzene ring substituents is 1. The van der Waals surface area contributed by atoms with Crippen LogP contribution in [0.4, 0.5) is 5.69 Å². The topological polar surface area (TPSA) is 92.5 Å². The second-order valence-corrected chi connectivity index (χ2v) is 5.69. The van der Waals surface area contributed by atoms with Gasteiger partial charge in [0.05, 0.1) is 10.4 Å². The van der Waals surface area contributed by atoms with Gasteiger partial charge in [-0.3, -0.25) is 20.1 Å². The molecule has 26 heavy (non-hydrogen) atoms. The number of nitrogens with one attached hydrogen (secondary N) is 2. The molecule has 0 spiro atoms. The third-order valence-electron chi connectivity index (χ3n) is 3.99. The lowest BCUT2D eigenvalue weighted by atomic mass is 10.1. The maximum atomic E-state index is 10.9. The molecule has 0 aliphatic heterocycles. The van der Waals surface area contributed by atoms with Crippen molar-refractivity contribution in [1.29, 1.82) is 0 Å². The average molecular weight is 349 g/mol. The van der Waals surface area contributed by atoms with Crippen LogP contribution < -0.4 is 10.6 Å². The minimum atomic E-state index is -0.398. The number of nitro benzene ring substituents is 1. The SMILES string of the molecule is CN=C(NCc1cccc([N+](=O)[O-])c1)NCc1ccnc2ccccc12. The Morgan fingerprint density at radius 3 is 2.73 bits per heavy atom. The minimum Gasteiger partial charge on any atom is -0.352 e. The molecule has 132 valence electrons. The van der Waals surface area contributed by atoms with Gasteiger partial charge in [-0.05, 0) is 23.3 Å². The fourth-order valence-corrected chi connectivity index (χ4v) is 2.67. The Balaban J connectivity index is 1.63. The maximum absolute atomic E-state index is 10.9. The summed E-state index contributed by atoms with van der Waals surface area (Å²) in [6.45, 7) is 1.04. The summed E-state index contributed by atoms with van der Waals surface area (Å²) in [5.41, 5.74) is 2.97. The third kappa shape index (κ3) is 4.13. The first-order valence-electron chi connectivity index (χ1n) is 8.18. The van der Waals surface area contributed by atoms with Crippen LogP contribution in [0.2, 0.25) is 0 Å². The lowest BCUT2D eigenvalue weighted by Crippen LogP contribution is -2.36. The van der Waals surface area contributed by atoms with E-state index < -0.39 is 4.92 Å². The normalized spacial score (nSPS) is 11.3. The summed E-state index contributed by atoms with van der Waals surface area (Å²) in [7, 11) is 1.69. The molecule has 0 amide bonds. The number of nitro groups is 1. The van der Waals surface area contributed by atoms with Gasteiger partial charge in [-0.15, -0.1) is 0 Å². The van der Waals surface area contributed by atoms with E-state index in [-0.39, 0.29) is 5.69 Å². The highest BCUT2D eigenvalue weighted by Crippen LogP contribution is 2.16. The molecule has 0 atom stereocenters. The van der Waals surface area contributed by atoms with E-state index in [1.165, 1.54) is 6.07 Å². The first-order valence-corrected chi connectivity index (χ1v) is 8.18. The van der Waals surface area contributed by atoms with Gasteiger partial charge >= 0.3 is 0 Å². The summed E-state index contributed by atoms with van der Waals surface area (Å²) in [6, 6.07) is 16.5. The summed E-state index contributed by atoms with van der Waals surface area (Å²) in [5, 5.41) is 18.4. The molecule has 3 rings (SSSR count). The fourth-order valence-electron chi connectivity index (χ4n) is 2.67. The zero-order valence-electron chi connectivity index (χ0n) is 14.3. The van der Waals surface area contributed by atoms with Gasteiger partial charge in [0.1, 0.15) is 0 Å². The van der Waals surface area contributed by atoms with Gasteiger partial charge in [-0.25, -0.2) is 0 Å². The fraction of sp³-hybridized carbons (Fsp3) is 0.158. The Morgan fingerprint density at radius 1 is 1.12 bits per heavy atom. The van der Waals surface area contributed by atoms with E-state index in [1.54, 1.807) is 25.4 Å². The first-order chi connectivity index (χ1) is 12.7. The van der Waals surface area contributed by atoms with Crippen LogP contribution in [0.15, 0.2) is 65.8 Å². The van der Waals surface area contributed by atoms with Crippen molar-refractivity contribution in [2.45, 2.75) is 13.1 Å². The highest BCUT2D eigenvalue weighted by atomic mass is 16.6. The van der Waals surface area contributed by atoms with E-state index in [4.69, 9.17) is 0 Å². The average Bonchev–Trinajstić information content (AvgIpc) is 2.68. The zero-order valence-corrected chi connectivity index (χ0v) is 14.3. The van der Waals surface area contributed by atoms with E-state index in [0.717, 1.165) is 22.0 Å². The molecule has 0 fully saturated rings. The number of hydrogen-bond acceptors (Lipinski definition) is 4. The van der Waals surface area contributed by atoms with Crippen molar-refractivity contribution in [2.24, 2.45) is 4.99 Å². The van der Waals surface area contributed by atoms with Crippen LogP contribution >= 0.6 is 0 Å². The minimum absolute atomic E-state index is 0.0792. The quantitative estimate of drug-likeness (QED) is 0.320. The lowest BCUT2D eigenvalue weighted by molar-refractivity contribution is -0.384. The van der Waals surface area contributed by atoms with Crippen LogP contribution in [0.25, 0.3) is 10.9 Å². The molecule has 1 heterocycles. The Labute approximate surface area is 150 Å². The summed E-state index contributed by atoms with van der Waals surface area (Å²) in [4.78, 5) is 19.0. The van der Waals surface area contributed by atoms with Crippen LogP contribution in [0.5, 0.6) is 0 Å². The molecule has 3 aromatic rings. The van der Waals surface area contributed by atoms with Gasteiger partial charge in [0.25, 0.3) is 5.69 Å². The van der Waals surface area contributed by atoms with Crippen molar-refractivity contribution in [3.05, 3.63) is 82.0 Å². The van der Waals surface area contributed by atoms with E-state index in [2.05, 4.69) is 20.6 Å². The van der Waals surface area contributed by atoms with Crippen molar-refractivity contribution < 1.29 is 4.92 Å². The number of aliphatic imine (C=N–C) groups is 1. The van der Waals surface area contributed by atoms with Gasteiger partial charge in [0, 0.05) is 43.9 Å². The van der Waals surface area contributed by atoms with Crippen molar-refractivity contribution >= 4 is 22.5 Å². The molecule has 0 unspecified atom stereocenters. The van der Waals surface area contributed by atoms with Crippen molar-refractivity contribution in [3.63, 3.8) is 0 Å². The molecule has 0 bridgehead atoms. The number of pyridine rings is 1. The van der Waals surface area contributed by atoms with Gasteiger partial charge < -0.3 is 10.6 Å². The number of aromatic nitrogens is 1. The predicted molar refractivity (Wildman–Crippen MR) is 102 cm³/mol. The molecule has 1 aromatic heterocycles. The van der Waals surface area contributed by atoms with Gasteiger partial charge in [0.2, 0.25) is 0 Å². The monoisotopic (exact) mass is 349 g/mol. The van der Waals surface area contributed by atoms with Crippen molar-refractivity contribution in [2.75, 3.05) is 7.05 Å². The number of para-hydroxylation sites is 1. The highest BCUT2D eigenvalue weighted by Gasteiger charge is 2.07. The van der Waals surface area contributed by atoms with Crippen molar-refractivity contribution in [1.82, 2.24) is 15.6 Å². The second-order valence-electron chi connectivity index (χ2n) is 5.69. The summed E-state index contributed by atoms with van der Waals surface area (Å²) in [6.07, 6.45) is 1.79. The van der Waals surface area contributed by atoms with E-state index in [1.807, 2.05) is 36.4 Å². The smallest absolute Gasteiger partial charge is 0.269 e. The summed E-state index contributed by atoms with van der Waals surface area (Å²) in [5.74, 6) is 0.623. The van der Waals surface area contributed by atoms with Crippen LogP contribution in [0.3, 0.4) is 0 Å². The predicted octanol–water partition coefficient (Wildman–Crippen LogP) is 3.01. The molecule has 7 heteroatoms. The molecular weight excluding hydrogens is 330 g/mol. The van der Waals surface area contributed by atoms with Gasteiger partial charge in [-0.1, -0.05) is 30.3 Å². The van der Waals surface area contributed by atoms with Crippen LogP contribution in [0.1, 0.15) is 11.1 Å². The largest absolute Gasteiger partial charge is 0.352 e. The Hall–Kier alpha value is -3.48. The van der Waals surface area contributed by atoms with E-state index >= 15 is 0 Å². The number of hydrogen-bond donors (Lipinski definition) is 2. The highest BCUT2D eigenvalue weighted by molar-refractivity contribution is 5.83. The molecule has 0 saturated carbocycles. The Bertz CT molecular complexity index is 950. The summed E-state index contributed by atoms with van der Waals surface area (Å²) >= 11 is 0. The molecule has 7 nitrogen and oxygen atoms in total. The lowest BCUT2D eigenvalue weighted by Gasteiger charge is -2.13. The Kier molecular flexibility index (Phi) is 5.38. The first kappa shape index (κ1) is 17.3. The number of guanidine groups is 1. The number of fused-ring (bicyclic) bond motifs is 1. The standard InChI is InChI=1S/C19H19N5O2/c1-20-19(22-12-14-5-4-6-16(11-14)24(25)26)23-13-15-9-10-21-18-8-3-2-7-17(15)18/h2-11H,12-13H2,1H3,(H2,20,22,23). The van der Waals surface area contributed by atoms with Crippen molar-refractivity contribution in [3.8, 4) is 0 Å². The van der Waals surface area contributed by atoms with E-state index in [9.17, 15) is 10.1 Å². The van der Waals surface area contributed by atoms with Crippen LogP contribution in [-0.4, -0.2) is 22.9 Å². The second kappa shape index (κ2) is 8.06. The maximum Gasteiger partial charge on any atom is 0.269 e. The van der Waals surface area contributed by atoms with Gasteiger partial charge in [0.15, 0.2) is 5.96 Å². The molecular formula is C19H19N5O2. The molecule has 0 saturated heterocycles. The van der Waals surface area contributed by atoms with E-state index in [0.29, 0.717) is 19.0 Å². The molecule has 0 aliphatic rings. The number of rotatable bonds is 5. The molecule has 2 N–H and O–H groups in total. The summed E-state index contributed by atoms with van der Waals surface area (Å²) < 4.78 is 0. The van der Waals surface area contributed by atoms with Gasteiger partial charge in [-0.2, -0.15) is 0 Å². The molecule has 2 aromatic carbocycles. The zero-order chi connectivity index (χ0) is 18.4. The van der Waals surface area contributed by atoms with Crippen LogP contribution in [0, 0.1) is 10.1 Å².